The molecule has 2 aromatic rings. The fraction of sp³-hybridized carbons (Fsp3) is 0.662. The summed E-state index contributed by atoms with van der Waals surface area (Å²) in [5.74, 6) is -8.51. The smallest absolute Gasteiger partial charge is 0.329 e. The molecule has 5 heterocycles. The van der Waals surface area contributed by atoms with Crippen LogP contribution in [0.15, 0.2) is 108 Å². The van der Waals surface area contributed by atoms with Crippen LogP contribution >= 0.6 is 0 Å². The predicted molar refractivity (Wildman–Crippen MR) is 356 cm³/mol. The second-order valence-corrected chi connectivity index (χ2v) is 32.9. The van der Waals surface area contributed by atoms with E-state index in [1.54, 1.807) is 34.0 Å². The van der Waals surface area contributed by atoms with Gasteiger partial charge in [-0.3, -0.25) is 19.2 Å². The Morgan fingerprint density at radius 1 is 0.753 bits per heavy atom. The lowest BCUT2D eigenvalue weighted by Crippen LogP contribution is -2.66. The number of aliphatic hydroxyl groups excluding tert-OH is 2. The molecular weight excluding hydrogens is 1200 g/mol. The molecule has 514 valence electrons. The van der Waals surface area contributed by atoms with Crippen LogP contribution in [-0.2, 0) is 66.3 Å². The molecule has 6 aliphatic rings. The van der Waals surface area contributed by atoms with Crippen LogP contribution in [0, 0.1) is 35.5 Å². The molecule has 1 saturated carbocycles. The number of aliphatic hydroxyl groups is 3. The Kier molecular flexibility index (Phi) is 26.5. The lowest BCUT2D eigenvalue weighted by molar-refractivity contribution is -0.266. The summed E-state index contributed by atoms with van der Waals surface area (Å²) in [7, 11) is 0.138. The number of carbonyl (C=O) groups is 5. The zero-order valence-electron chi connectivity index (χ0n) is 57.2. The number of carbonyl (C=O) groups excluding carboxylic acids is 5. The molecule has 0 radical (unpaired) electrons. The summed E-state index contributed by atoms with van der Waals surface area (Å²) in [5, 5.41) is 37.0. The molecule has 19 heteroatoms. The van der Waals surface area contributed by atoms with E-state index in [2.05, 4.69) is 69.3 Å². The Bertz CT molecular complexity index is 2890. The van der Waals surface area contributed by atoms with Crippen LogP contribution in [0.1, 0.15) is 146 Å². The number of allylic oxidation sites excluding steroid dienone is 6. The largest absolute Gasteiger partial charge is 0.460 e. The second kappa shape index (κ2) is 33.4. The van der Waals surface area contributed by atoms with E-state index in [-0.39, 0.29) is 79.5 Å². The number of hydrogen-bond donors (Lipinski definition) is 3. The molecule has 0 spiro atoms. The molecule has 18 nitrogen and oxygen atoms in total. The normalized spacial score (nSPS) is 36.8. The first-order chi connectivity index (χ1) is 44.3. The molecule has 19 atom stereocenters. The molecule has 2 aromatic carbocycles. The van der Waals surface area contributed by atoms with Crippen LogP contribution in [-0.4, -0.2) is 184 Å². The average Bonchev–Trinajstić information content (AvgIpc) is 1.38. The number of esters is 1. The SMILES string of the molecule is CO[C@@H]1C[C@H](C[C@@H](C)[C@@H]2CC(=O)[C@H](C)/C=C(\C)[C@@H](O)[C@@H](OC)C(=O)[C@H](C)C[C@H](C)/C=C/C=C/C=C(\C)[C@@H](O[C@@H]3CO[C@H]4[C@@H]3OC[C@@H]4OCCO[Si](c3ccccc3)(c3ccccc3)C(C)(C)C)C[C@@H]3CC[C@@H](C)[C@@](O)(O3)C(=O)C(=O)N3CCCC[C@H]3C(=O)O2)CC[C@H]1O. The number of amides is 1. The van der Waals surface area contributed by atoms with Crippen LogP contribution in [0.5, 0.6) is 0 Å². The second-order valence-electron chi connectivity index (χ2n) is 28.5. The molecular formula is C74H107NO17Si. The molecule has 2 bridgehead atoms. The Morgan fingerprint density at radius 2 is 1.42 bits per heavy atom. The van der Waals surface area contributed by atoms with Gasteiger partial charge in [0.15, 0.2) is 5.78 Å². The van der Waals surface area contributed by atoms with E-state index in [1.807, 2.05) is 70.2 Å². The summed E-state index contributed by atoms with van der Waals surface area (Å²) in [6.45, 7) is 20.6. The Labute approximate surface area is 553 Å². The summed E-state index contributed by atoms with van der Waals surface area (Å²) in [6, 6.07) is 19.8. The number of hydrogen-bond acceptors (Lipinski definition) is 17. The van der Waals surface area contributed by atoms with Gasteiger partial charge >= 0.3 is 5.97 Å². The molecule has 0 unspecified atom stereocenters. The van der Waals surface area contributed by atoms with Gasteiger partial charge in [-0.15, -0.1) is 0 Å². The van der Waals surface area contributed by atoms with Crippen LogP contribution < -0.4 is 10.4 Å². The number of rotatable bonds is 14. The van der Waals surface area contributed by atoms with E-state index in [4.69, 9.17) is 42.3 Å². The lowest BCUT2D eigenvalue weighted by atomic mass is 9.78. The van der Waals surface area contributed by atoms with Crippen molar-refractivity contribution in [1.82, 2.24) is 4.90 Å². The Morgan fingerprint density at radius 3 is 2.08 bits per heavy atom. The number of benzene rings is 2. The number of fused-ring (bicyclic) bond motifs is 4. The summed E-state index contributed by atoms with van der Waals surface area (Å²) >= 11 is 0. The van der Waals surface area contributed by atoms with Crippen molar-refractivity contribution in [2.45, 2.75) is 230 Å². The summed E-state index contributed by atoms with van der Waals surface area (Å²) < 4.78 is 57.8. The van der Waals surface area contributed by atoms with Crippen LogP contribution in [0.3, 0.4) is 0 Å². The quantitative estimate of drug-likeness (QED) is 0.0528. The maximum absolute atomic E-state index is 14.8. The van der Waals surface area contributed by atoms with Gasteiger partial charge in [0.1, 0.15) is 54.6 Å². The van der Waals surface area contributed by atoms with Crippen molar-refractivity contribution in [3.63, 3.8) is 0 Å². The number of Topliss-reactive ketones (excluding diaryl/α,β-unsaturated/α-hetero) is 3. The highest BCUT2D eigenvalue weighted by Gasteiger charge is 2.55. The fourth-order valence-electron chi connectivity index (χ4n) is 15.1. The molecule has 5 aliphatic heterocycles. The number of nitrogens with zero attached hydrogens (tertiary/aromatic N) is 1. The number of piperidine rings is 1. The average molecular weight is 1310 g/mol. The maximum Gasteiger partial charge on any atom is 0.329 e. The van der Waals surface area contributed by atoms with Gasteiger partial charge in [-0.2, -0.15) is 0 Å². The monoisotopic (exact) mass is 1310 g/mol. The summed E-state index contributed by atoms with van der Waals surface area (Å²) in [6.07, 6.45) is 8.32. The van der Waals surface area contributed by atoms with Gasteiger partial charge < -0.3 is 62.5 Å². The zero-order chi connectivity index (χ0) is 67.4. The minimum atomic E-state index is -2.81. The molecule has 93 heavy (non-hydrogen) atoms. The summed E-state index contributed by atoms with van der Waals surface area (Å²) in [4.78, 5) is 73.9. The lowest BCUT2D eigenvalue weighted by Gasteiger charge is -2.43. The standard InChI is InChI=1S/C74H107NO17Si/c1-46-24-16-13-17-25-47(2)60(90-64-45-88-67-63(44-87-68(64)67)86-36-37-89-93(73(8,9)10,55-26-18-14-19-27-55)56-28-20-15-21-29-56)42-54-33-31-52(7)74(83,92-54)70(80)71(81)75-35-23-22-30-57(75)72(82)91-61(49(4)40-53-32-34-58(76)62(41-53)84-11)43-59(77)48(3)39-51(6)66(79)69(85-12)65(78)50(5)38-46/h13-21,24-29,39,46,48-50,52-54,57-58,60-64,66-69,76,79,83H,22-23,30-38,40-45H2,1-12H3/b17-13+,24-16+,47-25+,51-39+/t46-,48-,49-,50-,52-,53+,54+,57+,58-,60+,61+,62-,63+,64-,66-,67-,68-,69+,74-/m1/s1. The molecule has 1 amide bonds. The first kappa shape index (κ1) is 73.9. The molecule has 5 fully saturated rings. The number of ketones is 3. The van der Waals surface area contributed by atoms with Gasteiger partial charge in [0.2, 0.25) is 5.79 Å². The zero-order valence-corrected chi connectivity index (χ0v) is 58.2. The van der Waals surface area contributed by atoms with E-state index in [9.17, 15) is 39.3 Å². The number of ether oxygens (including phenoxy) is 8. The molecule has 3 N–H and O–H groups in total. The third-order valence-electron chi connectivity index (χ3n) is 20.6. The van der Waals surface area contributed by atoms with Crippen molar-refractivity contribution >= 4 is 47.9 Å². The van der Waals surface area contributed by atoms with Crippen LogP contribution in [0.2, 0.25) is 5.04 Å². The predicted octanol–water partition coefficient (Wildman–Crippen LogP) is 8.68. The topological polar surface area (TPSA) is 232 Å². The summed E-state index contributed by atoms with van der Waals surface area (Å²) in [5.41, 5.74) is 1.18. The van der Waals surface area contributed by atoms with Gasteiger partial charge in [-0.25, -0.2) is 4.79 Å². The van der Waals surface area contributed by atoms with Crippen molar-refractivity contribution in [3.8, 4) is 0 Å². The van der Waals surface area contributed by atoms with E-state index in [1.165, 1.54) is 22.4 Å². The first-order valence-electron chi connectivity index (χ1n) is 34.2. The highest BCUT2D eigenvalue weighted by atomic mass is 28.4. The van der Waals surface area contributed by atoms with E-state index in [0.29, 0.717) is 76.6 Å². The number of cyclic esters (lactones) is 1. The van der Waals surface area contributed by atoms with Crippen LogP contribution in [0.4, 0.5) is 0 Å². The Hall–Kier alpha value is -4.87. The Balaban J connectivity index is 1.03. The third-order valence-corrected chi connectivity index (χ3v) is 25.7. The molecule has 8 rings (SSSR count). The maximum atomic E-state index is 14.8. The van der Waals surface area contributed by atoms with Crippen molar-refractivity contribution in [1.29, 1.82) is 0 Å². The van der Waals surface area contributed by atoms with Crippen LogP contribution in [0.25, 0.3) is 0 Å². The van der Waals surface area contributed by atoms with Gasteiger partial charge in [0.25, 0.3) is 20.0 Å². The van der Waals surface area contributed by atoms with Crippen molar-refractivity contribution in [2.75, 3.05) is 47.2 Å². The van der Waals surface area contributed by atoms with Crippen molar-refractivity contribution in [2.24, 2.45) is 35.5 Å². The minimum absolute atomic E-state index is 0.0459. The van der Waals surface area contributed by atoms with E-state index >= 15 is 0 Å². The highest BCUT2D eigenvalue weighted by molar-refractivity contribution is 6.99. The van der Waals surface area contributed by atoms with E-state index in [0.717, 1.165) is 5.57 Å². The van der Waals surface area contributed by atoms with Gasteiger partial charge in [0.05, 0.1) is 50.8 Å². The fourth-order valence-corrected chi connectivity index (χ4v) is 19.6. The van der Waals surface area contributed by atoms with E-state index < -0.39 is 117 Å². The van der Waals surface area contributed by atoms with Gasteiger partial charge in [-0.05, 0) is 122 Å². The highest BCUT2D eigenvalue weighted by Crippen LogP contribution is 2.41. The first-order valence-corrected chi connectivity index (χ1v) is 36.1. The van der Waals surface area contributed by atoms with Gasteiger partial charge in [-0.1, -0.05) is 153 Å². The van der Waals surface area contributed by atoms with Crippen molar-refractivity contribution < 1.29 is 81.6 Å². The third kappa shape index (κ3) is 17.8. The minimum Gasteiger partial charge on any atom is -0.460 e. The molecule has 0 aromatic heterocycles. The molecule has 4 saturated heterocycles. The molecule has 1 aliphatic carbocycles. The number of methoxy groups -OCH3 is 2. The van der Waals surface area contributed by atoms with Crippen molar-refractivity contribution in [3.05, 3.63) is 108 Å². The van der Waals surface area contributed by atoms with Gasteiger partial charge in [0, 0.05) is 51.4 Å².